The van der Waals surface area contributed by atoms with Gasteiger partial charge in [0.25, 0.3) is 0 Å². The van der Waals surface area contributed by atoms with E-state index in [0.717, 1.165) is 22.6 Å². The highest BCUT2D eigenvalue weighted by Crippen LogP contribution is 2.29. The van der Waals surface area contributed by atoms with E-state index in [1.54, 1.807) is 0 Å². The van der Waals surface area contributed by atoms with Crippen molar-refractivity contribution in [1.29, 1.82) is 0 Å². The van der Waals surface area contributed by atoms with Crippen molar-refractivity contribution < 1.29 is 4.74 Å². The van der Waals surface area contributed by atoms with E-state index < -0.39 is 0 Å². The number of aryl methyl sites for hydroxylation is 2. The molecule has 2 aromatic rings. The number of thiocarbonyl (C=S) groups is 1. The van der Waals surface area contributed by atoms with E-state index in [2.05, 4.69) is 0 Å². The molecule has 0 fully saturated rings. The summed E-state index contributed by atoms with van der Waals surface area (Å²) in [5.41, 5.74) is 8.69. The van der Waals surface area contributed by atoms with Gasteiger partial charge in [0.15, 0.2) is 0 Å². The predicted octanol–water partition coefficient (Wildman–Crippen LogP) is 3.73. The topological polar surface area (TPSA) is 35.2 Å². The van der Waals surface area contributed by atoms with Crippen LogP contribution in [-0.2, 0) is 0 Å². The Morgan fingerprint density at radius 1 is 1.06 bits per heavy atom. The highest BCUT2D eigenvalue weighted by molar-refractivity contribution is 7.80. The average molecular weight is 257 g/mol. The van der Waals surface area contributed by atoms with Crippen LogP contribution in [0.1, 0.15) is 16.7 Å². The van der Waals surface area contributed by atoms with Crippen LogP contribution in [0.2, 0.25) is 0 Å². The maximum Gasteiger partial charge on any atom is 0.140 e. The van der Waals surface area contributed by atoms with E-state index in [0.29, 0.717) is 4.99 Å². The lowest BCUT2D eigenvalue weighted by Crippen LogP contribution is -2.11. The van der Waals surface area contributed by atoms with Crippen molar-refractivity contribution >= 4 is 17.2 Å². The highest BCUT2D eigenvalue weighted by atomic mass is 32.1. The van der Waals surface area contributed by atoms with Gasteiger partial charge >= 0.3 is 0 Å². The number of hydrogen-bond acceptors (Lipinski definition) is 2. The molecule has 0 aliphatic heterocycles. The SMILES string of the molecule is Cc1ccc(Oc2c(C)cccc2C(N)=S)cc1. The molecular formula is C15H15NOS. The van der Waals surface area contributed by atoms with Crippen LogP contribution in [0.3, 0.4) is 0 Å². The third-order valence-corrected chi connectivity index (χ3v) is 2.94. The molecule has 0 aromatic heterocycles. The van der Waals surface area contributed by atoms with Crippen molar-refractivity contribution in [2.45, 2.75) is 13.8 Å². The first-order valence-corrected chi connectivity index (χ1v) is 6.12. The Kier molecular flexibility index (Phi) is 3.63. The normalized spacial score (nSPS) is 10.1. The summed E-state index contributed by atoms with van der Waals surface area (Å²) >= 11 is 5.04. The summed E-state index contributed by atoms with van der Waals surface area (Å²) in [6.07, 6.45) is 0. The molecule has 2 N–H and O–H groups in total. The molecule has 0 aliphatic carbocycles. The number of benzene rings is 2. The zero-order valence-corrected chi connectivity index (χ0v) is 11.3. The molecule has 2 nitrogen and oxygen atoms in total. The fraction of sp³-hybridized carbons (Fsp3) is 0.133. The standard InChI is InChI=1S/C15H15NOS/c1-10-6-8-12(9-7-10)17-14-11(2)4-3-5-13(14)15(16)18/h3-9H,1-2H3,(H2,16,18). The molecule has 92 valence electrons. The Balaban J connectivity index is 2.39. The van der Waals surface area contributed by atoms with Crippen LogP contribution < -0.4 is 10.5 Å². The van der Waals surface area contributed by atoms with Gasteiger partial charge in [-0.3, -0.25) is 0 Å². The van der Waals surface area contributed by atoms with Crippen LogP contribution >= 0.6 is 12.2 Å². The fourth-order valence-electron chi connectivity index (χ4n) is 1.71. The molecule has 0 saturated heterocycles. The molecule has 18 heavy (non-hydrogen) atoms. The molecule has 0 atom stereocenters. The summed E-state index contributed by atoms with van der Waals surface area (Å²) in [6.45, 7) is 4.02. The van der Waals surface area contributed by atoms with Gasteiger partial charge in [0.1, 0.15) is 16.5 Å². The minimum Gasteiger partial charge on any atom is -0.456 e. The van der Waals surface area contributed by atoms with Crippen LogP contribution in [0.4, 0.5) is 0 Å². The van der Waals surface area contributed by atoms with Crippen molar-refractivity contribution in [2.75, 3.05) is 0 Å². The largest absolute Gasteiger partial charge is 0.456 e. The van der Waals surface area contributed by atoms with Gasteiger partial charge in [-0.15, -0.1) is 0 Å². The first-order valence-electron chi connectivity index (χ1n) is 5.72. The van der Waals surface area contributed by atoms with Gasteiger partial charge in [0.05, 0.1) is 5.56 Å². The van der Waals surface area contributed by atoms with Crippen molar-refractivity contribution in [1.82, 2.24) is 0 Å². The molecule has 0 spiro atoms. The smallest absolute Gasteiger partial charge is 0.140 e. The first-order chi connectivity index (χ1) is 8.58. The van der Waals surface area contributed by atoms with Gasteiger partial charge in [0.2, 0.25) is 0 Å². The van der Waals surface area contributed by atoms with Crippen LogP contribution in [0.15, 0.2) is 42.5 Å². The molecule has 0 saturated carbocycles. The second kappa shape index (κ2) is 5.19. The van der Waals surface area contributed by atoms with Crippen LogP contribution in [0, 0.1) is 13.8 Å². The molecule has 0 radical (unpaired) electrons. The van der Waals surface area contributed by atoms with Gasteiger partial charge in [0, 0.05) is 0 Å². The van der Waals surface area contributed by atoms with E-state index in [9.17, 15) is 0 Å². The lowest BCUT2D eigenvalue weighted by atomic mass is 10.1. The average Bonchev–Trinajstić information content (AvgIpc) is 2.34. The Hall–Kier alpha value is -1.87. The highest BCUT2D eigenvalue weighted by Gasteiger charge is 2.10. The van der Waals surface area contributed by atoms with Gasteiger partial charge in [-0.1, -0.05) is 42.0 Å². The zero-order chi connectivity index (χ0) is 13.1. The summed E-state index contributed by atoms with van der Waals surface area (Å²) in [5.74, 6) is 1.52. The zero-order valence-electron chi connectivity index (χ0n) is 10.4. The van der Waals surface area contributed by atoms with Crippen molar-refractivity contribution in [3.8, 4) is 11.5 Å². The van der Waals surface area contributed by atoms with E-state index in [4.69, 9.17) is 22.7 Å². The Morgan fingerprint density at radius 3 is 2.33 bits per heavy atom. The van der Waals surface area contributed by atoms with Gasteiger partial charge in [-0.25, -0.2) is 0 Å². The predicted molar refractivity (Wildman–Crippen MR) is 78.3 cm³/mol. The third-order valence-electron chi connectivity index (χ3n) is 2.72. The van der Waals surface area contributed by atoms with Gasteiger partial charge < -0.3 is 10.5 Å². The molecule has 2 aromatic carbocycles. The minimum atomic E-state index is 0.348. The molecule has 0 bridgehead atoms. The van der Waals surface area contributed by atoms with E-state index in [1.807, 2.05) is 56.3 Å². The molecule has 0 aliphatic rings. The third kappa shape index (κ3) is 2.68. The quantitative estimate of drug-likeness (QED) is 0.851. The number of rotatable bonds is 3. The van der Waals surface area contributed by atoms with Crippen LogP contribution in [0.5, 0.6) is 11.5 Å². The second-order valence-electron chi connectivity index (χ2n) is 4.23. The summed E-state index contributed by atoms with van der Waals surface area (Å²) in [7, 11) is 0. The monoisotopic (exact) mass is 257 g/mol. The molecule has 2 rings (SSSR count). The Labute approximate surface area is 112 Å². The minimum absolute atomic E-state index is 0.348. The molecule has 0 amide bonds. The maximum atomic E-state index is 5.89. The number of nitrogens with two attached hydrogens (primary N) is 1. The van der Waals surface area contributed by atoms with Crippen molar-refractivity contribution in [2.24, 2.45) is 5.73 Å². The lowest BCUT2D eigenvalue weighted by Gasteiger charge is -2.13. The van der Waals surface area contributed by atoms with E-state index in [1.165, 1.54) is 5.56 Å². The van der Waals surface area contributed by atoms with Crippen molar-refractivity contribution in [3.63, 3.8) is 0 Å². The fourth-order valence-corrected chi connectivity index (χ4v) is 1.87. The number of hydrogen-bond donors (Lipinski definition) is 1. The number of para-hydroxylation sites is 1. The van der Waals surface area contributed by atoms with E-state index in [-0.39, 0.29) is 0 Å². The second-order valence-corrected chi connectivity index (χ2v) is 4.67. The van der Waals surface area contributed by atoms with Crippen molar-refractivity contribution in [3.05, 3.63) is 59.2 Å². The number of ether oxygens (including phenoxy) is 1. The molecule has 0 heterocycles. The van der Waals surface area contributed by atoms with Gasteiger partial charge in [-0.2, -0.15) is 0 Å². The van der Waals surface area contributed by atoms with E-state index >= 15 is 0 Å². The maximum absolute atomic E-state index is 5.89. The summed E-state index contributed by atoms with van der Waals surface area (Å²) in [6, 6.07) is 13.7. The van der Waals surface area contributed by atoms with Gasteiger partial charge in [-0.05, 0) is 37.6 Å². The Morgan fingerprint density at radius 2 is 1.72 bits per heavy atom. The first kappa shape index (κ1) is 12.6. The molecular weight excluding hydrogens is 242 g/mol. The molecule has 3 heteroatoms. The van der Waals surface area contributed by atoms with Crippen LogP contribution in [0.25, 0.3) is 0 Å². The van der Waals surface area contributed by atoms with Crippen LogP contribution in [-0.4, -0.2) is 4.99 Å². The Bertz CT molecular complexity index is 576. The molecule has 0 unspecified atom stereocenters. The summed E-state index contributed by atoms with van der Waals surface area (Å²) in [4.78, 5) is 0.348. The lowest BCUT2D eigenvalue weighted by molar-refractivity contribution is 0.478. The summed E-state index contributed by atoms with van der Waals surface area (Å²) < 4.78 is 5.89. The summed E-state index contributed by atoms with van der Waals surface area (Å²) in [5, 5.41) is 0.